The maximum Gasteiger partial charge on any atom is 0.290 e. The van der Waals surface area contributed by atoms with Crippen LogP contribution >= 0.6 is 0 Å². The maximum atomic E-state index is 13.1. The molecule has 1 aliphatic heterocycles. The minimum Gasteiger partial charge on any atom is -0.348 e. The fraction of sp³-hybridized carbons (Fsp3) is 0.524. The van der Waals surface area contributed by atoms with Crippen LogP contribution in [-0.4, -0.2) is 69.1 Å². The van der Waals surface area contributed by atoms with Crippen molar-refractivity contribution in [1.82, 2.24) is 24.5 Å². The van der Waals surface area contributed by atoms with E-state index in [-0.39, 0.29) is 29.6 Å². The Morgan fingerprint density at radius 1 is 1.00 bits per heavy atom. The Morgan fingerprint density at radius 2 is 1.69 bits per heavy atom. The van der Waals surface area contributed by atoms with Crippen molar-refractivity contribution in [3.05, 3.63) is 35.9 Å². The maximum absolute atomic E-state index is 13.1. The molecule has 8 nitrogen and oxygen atoms in total. The molecule has 0 bridgehead atoms. The molecular weight excluding hydrogens is 370 g/mol. The number of rotatable bonds is 3. The zero-order valence-electron chi connectivity index (χ0n) is 16.8. The Bertz CT molecular complexity index is 924. The van der Waals surface area contributed by atoms with Crippen LogP contribution in [0.25, 0.3) is 5.52 Å². The van der Waals surface area contributed by atoms with Gasteiger partial charge in [-0.05, 0) is 25.0 Å². The summed E-state index contributed by atoms with van der Waals surface area (Å²) in [6.45, 7) is 3.49. The van der Waals surface area contributed by atoms with Gasteiger partial charge in [-0.2, -0.15) is 0 Å². The van der Waals surface area contributed by atoms with Gasteiger partial charge < -0.3 is 15.1 Å². The van der Waals surface area contributed by atoms with Crippen molar-refractivity contribution in [2.24, 2.45) is 0 Å². The lowest BCUT2D eigenvalue weighted by Gasteiger charge is -2.33. The molecule has 1 saturated carbocycles. The lowest BCUT2D eigenvalue weighted by Crippen LogP contribution is -2.50. The zero-order chi connectivity index (χ0) is 20.4. The Kier molecular flexibility index (Phi) is 5.51. The summed E-state index contributed by atoms with van der Waals surface area (Å²) < 4.78 is 1.69. The number of hydrogen-bond acceptors (Lipinski definition) is 4. The van der Waals surface area contributed by atoms with Crippen molar-refractivity contribution in [3.63, 3.8) is 0 Å². The Balaban J connectivity index is 1.56. The first-order chi connectivity index (χ1) is 14.0. The topological polar surface area (TPSA) is 87.0 Å². The molecule has 0 radical (unpaired) electrons. The average molecular weight is 397 g/mol. The molecule has 2 fully saturated rings. The van der Waals surface area contributed by atoms with Gasteiger partial charge in [-0.1, -0.05) is 25.3 Å². The number of carbonyl (C=O) groups is 3. The molecule has 3 heterocycles. The number of pyridine rings is 1. The first-order valence-electron chi connectivity index (χ1n) is 10.4. The number of amides is 3. The van der Waals surface area contributed by atoms with E-state index in [2.05, 4.69) is 10.3 Å². The first-order valence-corrected chi connectivity index (χ1v) is 10.4. The standard InChI is InChI=1S/C21H27N5O3/c1-15(27)24-11-13-25(14-12-24)21(29)19-23-18(17-9-5-6-10-26(17)19)20(28)22-16-7-3-2-4-8-16/h5-6,9-10,16H,2-4,7-8,11-14H2,1H3,(H,22,28). The van der Waals surface area contributed by atoms with Crippen molar-refractivity contribution in [2.45, 2.75) is 45.1 Å². The van der Waals surface area contributed by atoms with Crippen molar-refractivity contribution in [2.75, 3.05) is 26.2 Å². The fourth-order valence-electron chi connectivity index (χ4n) is 4.22. The number of nitrogens with one attached hydrogen (secondary N) is 1. The van der Waals surface area contributed by atoms with Gasteiger partial charge in [-0.3, -0.25) is 18.8 Å². The summed E-state index contributed by atoms with van der Waals surface area (Å²) in [5, 5.41) is 3.09. The fourth-order valence-corrected chi connectivity index (χ4v) is 4.22. The third-order valence-corrected chi connectivity index (χ3v) is 5.91. The van der Waals surface area contributed by atoms with Crippen LogP contribution in [0.2, 0.25) is 0 Å². The SMILES string of the molecule is CC(=O)N1CCN(C(=O)c2nc(C(=O)NC3CCCCC3)c3ccccn23)CC1. The van der Waals surface area contributed by atoms with Gasteiger partial charge in [0.05, 0.1) is 5.52 Å². The van der Waals surface area contributed by atoms with E-state index < -0.39 is 0 Å². The molecule has 0 aromatic carbocycles. The minimum atomic E-state index is -0.221. The molecule has 0 spiro atoms. The highest BCUT2D eigenvalue weighted by molar-refractivity contribution is 6.02. The van der Waals surface area contributed by atoms with Crippen LogP contribution < -0.4 is 5.32 Å². The van der Waals surface area contributed by atoms with Gasteiger partial charge in [0.15, 0.2) is 5.69 Å². The molecule has 29 heavy (non-hydrogen) atoms. The lowest BCUT2D eigenvalue weighted by molar-refractivity contribution is -0.130. The van der Waals surface area contributed by atoms with Crippen molar-refractivity contribution in [3.8, 4) is 0 Å². The molecular formula is C21H27N5O3. The van der Waals surface area contributed by atoms with E-state index in [0.29, 0.717) is 37.4 Å². The summed E-state index contributed by atoms with van der Waals surface area (Å²) in [7, 11) is 0. The van der Waals surface area contributed by atoms with Gasteiger partial charge in [0, 0.05) is 45.3 Å². The van der Waals surface area contributed by atoms with Gasteiger partial charge >= 0.3 is 0 Å². The van der Waals surface area contributed by atoms with Crippen LogP contribution in [0.3, 0.4) is 0 Å². The molecule has 3 amide bonds. The molecule has 1 N–H and O–H groups in total. The second kappa shape index (κ2) is 8.23. The summed E-state index contributed by atoms with van der Waals surface area (Å²) in [6, 6.07) is 5.65. The number of piperazine rings is 1. The van der Waals surface area contributed by atoms with Crippen LogP contribution in [-0.2, 0) is 4.79 Å². The quantitative estimate of drug-likeness (QED) is 0.854. The van der Waals surface area contributed by atoms with Gasteiger partial charge in [0.1, 0.15) is 0 Å². The largest absolute Gasteiger partial charge is 0.348 e. The van der Waals surface area contributed by atoms with Gasteiger partial charge in [-0.15, -0.1) is 0 Å². The predicted octanol–water partition coefficient (Wildman–Crippen LogP) is 1.70. The Hall–Kier alpha value is -2.90. The second-order valence-electron chi connectivity index (χ2n) is 7.85. The molecule has 1 saturated heterocycles. The highest BCUT2D eigenvalue weighted by Crippen LogP contribution is 2.20. The van der Waals surface area contributed by atoms with E-state index in [9.17, 15) is 14.4 Å². The van der Waals surface area contributed by atoms with E-state index in [1.54, 1.807) is 20.4 Å². The molecule has 0 atom stereocenters. The van der Waals surface area contributed by atoms with E-state index in [1.165, 1.54) is 13.3 Å². The van der Waals surface area contributed by atoms with Crippen LogP contribution in [0.4, 0.5) is 0 Å². The smallest absolute Gasteiger partial charge is 0.290 e. The summed E-state index contributed by atoms with van der Waals surface area (Å²) >= 11 is 0. The summed E-state index contributed by atoms with van der Waals surface area (Å²) in [6.07, 6.45) is 7.22. The third-order valence-electron chi connectivity index (χ3n) is 5.91. The number of carbonyl (C=O) groups excluding carboxylic acids is 3. The number of imidazole rings is 1. The normalized spacial score (nSPS) is 18.1. The minimum absolute atomic E-state index is 0.0185. The molecule has 2 aromatic rings. The van der Waals surface area contributed by atoms with Crippen LogP contribution in [0.15, 0.2) is 24.4 Å². The van der Waals surface area contributed by atoms with E-state index in [1.807, 2.05) is 18.2 Å². The first kappa shape index (κ1) is 19.4. The van der Waals surface area contributed by atoms with Gasteiger partial charge in [0.25, 0.3) is 11.8 Å². The Morgan fingerprint density at radius 3 is 2.38 bits per heavy atom. The number of nitrogens with zero attached hydrogens (tertiary/aromatic N) is 4. The highest BCUT2D eigenvalue weighted by atomic mass is 16.2. The van der Waals surface area contributed by atoms with Crippen LogP contribution in [0, 0.1) is 0 Å². The second-order valence-corrected chi connectivity index (χ2v) is 7.85. The number of hydrogen-bond donors (Lipinski definition) is 1. The number of aromatic nitrogens is 2. The summed E-state index contributed by atoms with van der Waals surface area (Å²) in [5.74, 6) is -0.178. The van der Waals surface area contributed by atoms with E-state index in [0.717, 1.165) is 25.7 Å². The third kappa shape index (κ3) is 3.97. The molecule has 1 aliphatic carbocycles. The van der Waals surface area contributed by atoms with Crippen molar-refractivity contribution >= 4 is 23.2 Å². The van der Waals surface area contributed by atoms with E-state index in [4.69, 9.17) is 0 Å². The summed E-state index contributed by atoms with van der Waals surface area (Å²) in [4.78, 5) is 45.4. The number of fused-ring (bicyclic) bond motifs is 1. The molecule has 0 unspecified atom stereocenters. The molecule has 154 valence electrons. The van der Waals surface area contributed by atoms with E-state index >= 15 is 0 Å². The van der Waals surface area contributed by atoms with Crippen LogP contribution in [0.5, 0.6) is 0 Å². The molecule has 8 heteroatoms. The van der Waals surface area contributed by atoms with Crippen molar-refractivity contribution in [1.29, 1.82) is 0 Å². The zero-order valence-corrected chi connectivity index (χ0v) is 16.8. The molecule has 4 rings (SSSR count). The predicted molar refractivity (Wildman–Crippen MR) is 108 cm³/mol. The molecule has 2 aromatic heterocycles. The highest BCUT2D eigenvalue weighted by Gasteiger charge is 2.29. The van der Waals surface area contributed by atoms with Gasteiger partial charge in [0.2, 0.25) is 11.7 Å². The van der Waals surface area contributed by atoms with Crippen LogP contribution in [0.1, 0.15) is 60.1 Å². The lowest BCUT2D eigenvalue weighted by atomic mass is 9.95. The monoisotopic (exact) mass is 397 g/mol. The van der Waals surface area contributed by atoms with Gasteiger partial charge in [-0.25, -0.2) is 4.98 Å². The molecule has 2 aliphatic rings. The Labute approximate surface area is 169 Å². The van der Waals surface area contributed by atoms with Crippen molar-refractivity contribution < 1.29 is 14.4 Å². The summed E-state index contributed by atoms with van der Waals surface area (Å²) in [5.41, 5.74) is 0.924. The average Bonchev–Trinajstić information content (AvgIpc) is 3.14.